The molecule has 0 saturated carbocycles. The average molecular weight is 621 g/mol. The largest absolute Gasteiger partial charge is 0.485 e. The van der Waals surface area contributed by atoms with E-state index in [-0.39, 0.29) is 5.91 Å². The number of amides is 1. The molecule has 0 radical (unpaired) electrons. The molecule has 0 fully saturated rings. The minimum absolute atomic E-state index is 0.0908. The number of anilines is 1. The number of rotatable bonds is 4. The highest BCUT2D eigenvalue weighted by atomic mass is 35.5. The molecule has 0 atom stereocenters. The number of nitrogens with zero attached hydrogens (tertiary/aromatic N) is 2. The van der Waals surface area contributed by atoms with Crippen LogP contribution in [0.15, 0.2) is 125 Å². The van der Waals surface area contributed by atoms with Crippen LogP contribution < -0.4 is 14.8 Å². The van der Waals surface area contributed by atoms with Gasteiger partial charge in [-0.25, -0.2) is 9.98 Å². The van der Waals surface area contributed by atoms with E-state index in [1.54, 1.807) is 18.2 Å². The second kappa shape index (κ2) is 13.2. The first-order chi connectivity index (χ1) is 21.4. The van der Waals surface area contributed by atoms with Gasteiger partial charge in [-0.05, 0) is 58.7 Å². The highest BCUT2D eigenvalue weighted by Crippen LogP contribution is 2.35. The van der Waals surface area contributed by atoms with E-state index in [0.29, 0.717) is 29.0 Å². The van der Waals surface area contributed by atoms with Gasteiger partial charge in [0.25, 0.3) is 0 Å². The zero-order valence-electron chi connectivity index (χ0n) is 23.8. The van der Waals surface area contributed by atoms with Crippen LogP contribution in [-0.2, 0) is 4.79 Å². The molecule has 5 aromatic carbocycles. The van der Waals surface area contributed by atoms with Crippen molar-refractivity contribution in [2.24, 2.45) is 9.98 Å². The molecule has 0 bridgehead atoms. The van der Waals surface area contributed by atoms with Gasteiger partial charge in [-0.15, -0.1) is 0 Å². The van der Waals surface area contributed by atoms with Crippen molar-refractivity contribution in [3.63, 3.8) is 0 Å². The Labute approximate surface area is 265 Å². The van der Waals surface area contributed by atoms with Crippen molar-refractivity contribution in [2.75, 3.05) is 18.5 Å². The summed E-state index contributed by atoms with van der Waals surface area (Å²) in [6, 6.07) is 37.1. The van der Waals surface area contributed by atoms with Gasteiger partial charge in [0.05, 0.1) is 11.4 Å². The molecule has 0 unspecified atom stereocenters. The molecule has 2 aliphatic rings. The third-order valence-corrected chi connectivity index (χ3v) is 7.42. The minimum Gasteiger partial charge on any atom is -0.485 e. The van der Waals surface area contributed by atoms with Crippen LogP contribution in [-0.4, -0.2) is 30.5 Å². The van der Waals surface area contributed by atoms with Crippen LogP contribution in [0, 0.1) is 0 Å². The molecule has 2 aliphatic heterocycles. The maximum atomic E-state index is 11.0. The maximum absolute atomic E-state index is 11.0. The van der Waals surface area contributed by atoms with E-state index in [2.05, 4.69) is 46.7 Å². The van der Waals surface area contributed by atoms with Gasteiger partial charge in [0.1, 0.15) is 36.1 Å². The topological polar surface area (TPSA) is 72.3 Å². The molecule has 0 spiro atoms. The Morgan fingerprint density at radius 2 is 1.07 bits per heavy atom. The predicted octanol–water partition coefficient (Wildman–Crippen LogP) is 9.33. The second-order valence-electron chi connectivity index (χ2n) is 10.1. The number of hydrogen-bond acceptors (Lipinski definition) is 5. The van der Waals surface area contributed by atoms with E-state index < -0.39 is 0 Å². The van der Waals surface area contributed by atoms with Crippen LogP contribution in [0.3, 0.4) is 0 Å². The number of carbonyl (C=O) groups excluding carboxylic acids is 1. The first-order valence-electron chi connectivity index (χ1n) is 13.9. The van der Waals surface area contributed by atoms with Gasteiger partial charge in [-0.1, -0.05) is 89.9 Å². The number of benzene rings is 5. The van der Waals surface area contributed by atoms with E-state index in [1.165, 1.54) is 18.1 Å². The first kappa shape index (κ1) is 29.2. The Hall–Kier alpha value is -4.91. The fraction of sp³-hybridized carbons (Fsp3) is 0.0833. The van der Waals surface area contributed by atoms with Crippen molar-refractivity contribution >= 4 is 57.6 Å². The van der Waals surface area contributed by atoms with Gasteiger partial charge in [0, 0.05) is 34.8 Å². The van der Waals surface area contributed by atoms with Gasteiger partial charge in [0.2, 0.25) is 5.91 Å². The minimum atomic E-state index is -0.0908. The molecule has 8 heteroatoms. The number of halogens is 2. The quantitative estimate of drug-likeness (QED) is 0.218. The molecule has 6 nitrogen and oxygen atoms in total. The summed E-state index contributed by atoms with van der Waals surface area (Å²) in [4.78, 5) is 20.3. The molecular weight excluding hydrogens is 593 g/mol. The highest BCUT2D eigenvalue weighted by Gasteiger charge is 2.16. The van der Waals surface area contributed by atoms with Crippen LogP contribution in [0.1, 0.15) is 18.1 Å². The zero-order chi connectivity index (χ0) is 30.5. The number of fused-ring (bicyclic) bond motifs is 2. The molecule has 0 saturated heterocycles. The predicted molar refractivity (Wildman–Crippen MR) is 179 cm³/mol. The van der Waals surface area contributed by atoms with Crippen molar-refractivity contribution in [3.8, 4) is 22.6 Å². The number of hydrogen-bond donors (Lipinski definition) is 1. The van der Waals surface area contributed by atoms with Gasteiger partial charge in [-0.3, -0.25) is 4.79 Å². The summed E-state index contributed by atoms with van der Waals surface area (Å²) in [6.45, 7) is 2.33. The Balaban J connectivity index is 0.000000157. The SMILES string of the molecule is CC(=O)Nc1ccc(C2=Nc3ccc(Cl)cc3OC2)cc1.Clc1ccc2c(c1)OCC(c1ccc(-c3ccccc3)cc1)=N2. The second-order valence-corrected chi connectivity index (χ2v) is 11.0. The smallest absolute Gasteiger partial charge is 0.221 e. The molecule has 5 aromatic rings. The molecule has 1 N–H and O–H groups in total. The number of aliphatic imine (C=N–C) groups is 2. The standard InChI is InChI=1S/C20H14ClNO.C16H13ClN2O2/c21-17-10-11-18-20(12-17)23-13-19(22-18)16-8-6-15(7-9-16)14-4-2-1-3-5-14;1-10(20)18-13-5-2-11(3-6-13)15-9-21-16-8-12(17)4-7-14(16)19-15/h1-12H,13H2;2-8H,9H2,1H3,(H,18,20). The fourth-order valence-electron chi connectivity index (χ4n) is 4.77. The maximum Gasteiger partial charge on any atom is 0.221 e. The number of nitrogens with one attached hydrogen (secondary N) is 1. The molecule has 44 heavy (non-hydrogen) atoms. The van der Waals surface area contributed by atoms with Crippen molar-refractivity contribution in [1.82, 2.24) is 0 Å². The third kappa shape index (κ3) is 7.00. The van der Waals surface area contributed by atoms with Gasteiger partial charge >= 0.3 is 0 Å². The lowest BCUT2D eigenvalue weighted by atomic mass is 10.0. The summed E-state index contributed by atoms with van der Waals surface area (Å²) in [7, 11) is 0. The molecule has 7 rings (SSSR count). The number of ether oxygens (including phenoxy) is 2. The summed E-state index contributed by atoms with van der Waals surface area (Å²) in [6.07, 6.45) is 0. The van der Waals surface area contributed by atoms with Crippen molar-refractivity contribution in [2.45, 2.75) is 6.92 Å². The van der Waals surface area contributed by atoms with E-state index in [0.717, 1.165) is 45.4 Å². The lowest BCUT2D eigenvalue weighted by Crippen LogP contribution is -2.16. The van der Waals surface area contributed by atoms with E-state index >= 15 is 0 Å². The summed E-state index contributed by atoms with van der Waals surface area (Å²) >= 11 is 11.9. The van der Waals surface area contributed by atoms with Crippen LogP contribution in [0.4, 0.5) is 17.1 Å². The molecule has 2 heterocycles. The lowest BCUT2D eigenvalue weighted by molar-refractivity contribution is -0.114. The molecular formula is C36H27Cl2N3O3. The Bertz CT molecular complexity index is 1870. The molecule has 0 aliphatic carbocycles. The van der Waals surface area contributed by atoms with Crippen molar-refractivity contribution in [3.05, 3.63) is 136 Å². The van der Waals surface area contributed by atoms with E-state index in [9.17, 15) is 4.79 Å². The molecule has 0 aromatic heterocycles. The summed E-state index contributed by atoms with van der Waals surface area (Å²) in [5, 5.41) is 4.03. The van der Waals surface area contributed by atoms with Crippen LogP contribution in [0.5, 0.6) is 11.5 Å². The number of carbonyl (C=O) groups is 1. The Morgan fingerprint density at radius 1 is 0.614 bits per heavy atom. The fourth-order valence-corrected chi connectivity index (χ4v) is 5.09. The van der Waals surface area contributed by atoms with Gasteiger partial charge in [-0.2, -0.15) is 0 Å². The zero-order valence-corrected chi connectivity index (χ0v) is 25.3. The van der Waals surface area contributed by atoms with Crippen molar-refractivity contribution in [1.29, 1.82) is 0 Å². The van der Waals surface area contributed by atoms with Gasteiger partial charge in [0.15, 0.2) is 0 Å². The van der Waals surface area contributed by atoms with Crippen LogP contribution in [0.2, 0.25) is 10.0 Å². The van der Waals surface area contributed by atoms with E-state index in [4.69, 9.17) is 37.7 Å². The van der Waals surface area contributed by atoms with Gasteiger partial charge < -0.3 is 14.8 Å². The third-order valence-electron chi connectivity index (χ3n) is 6.95. The monoisotopic (exact) mass is 619 g/mol. The average Bonchev–Trinajstić information content (AvgIpc) is 3.05. The summed E-state index contributed by atoms with van der Waals surface area (Å²) in [5.74, 6) is 1.34. The Kier molecular flexibility index (Phi) is 8.73. The summed E-state index contributed by atoms with van der Waals surface area (Å²) in [5.41, 5.74) is 8.57. The summed E-state index contributed by atoms with van der Waals surface area (Å²) < 4.78 is 11.5. The van der Waals surface area contributed by atoms with Crippen LogP contribution in [0.25, 0.3) is 11.1 Å². The first-order valence-corrected chi connectivity index (χ1v) is 14.7. The lowest BCUT2D eigenvalue weighted by Gasteiger charge is -2.17. The van der Waals surface area contributed by atoms with E-state index in [1.807, 2.05) is 60.7 Å². The van der Waals surface area contributed by atoms with Crippen molar-refractivity contribution < 1.29 is 14.3 Å². The normalized spacial score (nSPS) is 13.0. The highest BCUT2D eigenvalue weighted by molar-refractivity contribution is 6.31. The Morgan fingerprint density at radius 3 is 1.57 bits per heavy atom. The van der Waals surface area contributed by atoms with Crippen LogP contribution >= 0.6 is 23.2 Å². The molecule has 1 amide bonds. The molecule has 218 valence electrons.